The second kappa shape index (κ2) is 6.88. The summed E-state index contributed by atoms with van der Waals surface area (Å²) in [7, 11) is 0. The van der Waals surface area contributed by atoms with Crippen molar-refractivity contribution >= 4 is 38.6 Å². The van der Waals surface area contributed by atoms with E-state index in [0.717, 1.165) is 33.6 Å². The molecule has 5 heteroatoms. The summed E-state index contributed by atoms with van der Waals surface area (Å²) in [6.07, 6.45) is 0.508. The van der Waals surface area contributed by atoms with Gasteiger partial charge in [0, 0.05) is 35.6 Å². The van der Waals surface area contributed by atoms with E-state index in [1.165, 1.54) is 0 Å². The quantitative estimate of drug-likeness (QED) is 0.607. The molecule has 1 unspecified atom stereocenters. The molecule has 1 aromatic heterocycles. The number of hydrogen-bond acceptors (Lipinski definition) is 2. The maximum Gasteiger partial charge on any atom is 0.227 e. The Balaban J connectivity index is 1.71. The van der Waals surface area contributed by atoms with Crippen LogP contribution in [-0.4, -0.2) is 22.0 Å². The minimum Gasteiger partial charge on any atom is -0.327 e. The number of nitrogens with zero attached hydrogens (tertiary/aromatic N) is 3. The van der Waals surface area contributed by atoms with Crippen LogP contribution in [0.5, 0.6) is 0 Å². The molecule has 1 amide bonds. The molecule has 0 saturated carbocycles. The number of hydrogen-bond donors (Lipinski definition) is 0. The molecule has 0 aliphatic carbocycles. The van der Waals surface area contributed by atoms with Crippen LogP contribution in [0.4, 0.5) is 5.69 Å². The van der Waals surface area contributed by atoms with Crippen LogP contribution in [0.15, 0.2) is 53.0 Å². The van der Waals surface area contributed by atoms with Crippen LogP contribution in [0.2, 0.25) is 0 Å². The van der Waals surface area contributed by atoms with Gasteiger partial charge in [-0.3, -0.25) is 4.79 Å². The molecule has 1 aliphatic rings. The molecule has 2 heterocycles. The van der Waals surface area contributed by atoms with Crippen molar-refractivity contribution in [3.05, 3.63) is 58.8 Å². The fourth-order valence-corrected chi connectivity index (χ4v) is 4.12. The molecule has 2 aromatic carbocycles. The van der Waals surface area contributed by atoms with E-state index < -0.39 is 0 Å². The van der Waals surface area contributed by atoms with Crippen molar-refractivity contribution in [2.45, 2.75) is 32.7 Å². The number of benzene rings is 2. The first-order valence-electron chi connectivity index (χ1n) is 9.04. The van der Waals surface area contributed by atoms with E-state index in [1.807, 2.05) is 35.2 Å². The van der Waals surface area contributed by atoms with Crippen molar-refractivity contribution in [2.75, 3.05) is 11.4 Å². The largest absolute Gasteiger partial charge is 0.327 e. The Morgan fingerprint density at radius 2 is 2.00 bits per heavy atom. The van der Waals surface area contributed by atoms with Crippen molar-refractivity contribution in [3.8, 4) is 0 Å². The highest BCUT2D eigenvalue weighted by atomic mass is 79.9. The van der Waals surface area contributed by atoms with Gasteiger partial charge in [-0.25, -0.2) is 4.98 Å². The third-order valence-electron chi connectivity index (χ3n) is 4.84. The van der Waals surface area contributed by atoms with Gasteiger partial charge in [0.15, 0.2) is 0 Å². The number of imidazole rings is 1. The van der Waals surface area contributed by atoms with E-state index in [2.05, 4.69) is 52.5 Å². The summed E-state index contributed by atoms with van der Waals surface area (Å²) in [5.41, 5.74) is 3.11. The molecule has 0 N–H and O–H groups in total. The number of anilines is 1. The van der Waals surface area contributed by atoms with Gasteiger partial charge in [-0.1, -0.05) is 48.0 Å². The summed E-state index contributed by atoms with van der Waals surface area (Å²) < 4.78 is 3.29. The molecule has 3 aromatic rings. The Labute approximate surface area is 162 Å². The fourth-order valence-electron chi connectivity index (χ4n) is 3.74. The lowest BCUT2D eigenvalue weighted by Gasteiger charge is -2.18. The first-order chi connectivity index (χ1) is 12.5. The molecule has 134 valence electrons. The van der Waals surface area contributed by atoms with Gasteiger partial charge in [-0.05, 0) is 36.2 Å². The zero-order valence-electron chi connectivity index (χ0n) is 15.0. The number of fused-ring (bicyclic) bond motifs is 1. The first-order valence-corrected chi connectivity index (χ1v) is 9.83. The van der Waals surface area contributed by atoms with Gasteiger partial charge in [0.05, 0.1) is 11.0 Å². The normalized spacial score (nSPS) is 17.6. The Morgan fingerprint density at radius 1 is 1.19 bits per heavy atom. The third-order valence-corrected chi connectivity index (χ3v) is 5.34. The summed E-state index contributed by atoms with van der Waals surface area (Å²) in [5.74, 6) is 1.83. The van der Waals surface area contributed by atoms with Gasteiger partial charge < -0.3 is 9.47 Å². The molecule has 26 heavy (non-hydrogen) atoms. The summed E-state index contributed by atoms with van der Waals surface area (Å²) in [4.78, 5) is 19.5. The highest BCUT2D eigenvalue weighted by Gasteiger charge is 2.34. The Bertz CT molecular complexity index is 963. The van der Waals surface area contributed by atoms with Crippen LogP contribution in [0, 0.1) is 5.92 Å². The lowest BCUT2D eigenvalue weighted by Crippen LogP contribution is -2.24. The number of carbonyl (C=O) groups is 1. The van der Waals surface area contributed by atoms with Gasteiger partial charge in [-0.2, -0.15) is 0 Å². The molecular formula is C21H22BrN3O. The van der Waals surface area contributed by atoms with Crippen LogP contribution in [0.25, 0.3) is 11.0 Å². The van der Waals surface area contributed by atoms with E-state index in [0.29, 0.717) is 18.9 Å². The van der Waals surface area contributed by atoms with Gasteiger partial charge in [0.25, 0.3) is 0 Å². The monoisotopic (exact) mass is 411 g/mol. The molecular weight excluding hydrogens is 390 g/mol. The number of carbonyl (C=O) groups excluding carboxylic acids is 1. The van der Waals surface area contributed by atoms with Crippen molar-refractivity contribution in [2.24, 2.45) is 5.92 Å². The molecule has 1 atom stereocenters. The summed E-state index contributed by atoms with van der Waals surface area (Å²) in [6, 6.07) is 16.2. The Morgan fingerprint density at radius 3 is 2.77 bits per heavy atom. The van der Waals surface area contributed by atoms with E-state index in [4.69, 9.17) is 4.98 Å². The van der Waals surface area contributed by atoms with Crippen molar-refractivity contribution in [1.29, 1.82) is 0 Å². The molecule has 1 aliphatic heterocycles. The van der Waals surface area contributed by atoms with Gasteiger partial charge in [0.1, 0.15) is 5.82 Å². The van der Waals surface area contributed by atoms with Crippen LogP contribution < -0.4 is 4.90 Å². The first kappa shape index (κ1) is 17.3. The molecule has 4 rings (SSSR count). The SMILES string of the molecule is CC(C)Cn1c(C2CC(=O)N(c3cccc(Br)c3)C2)nc2ccccc21. The summed E-state index contributed by atoms with van der Waals surface area (Å²) >= 11 is 3.50. The lowest BCUT2D eigenvalue weighted by atomic mass is 10.1. The highest BCUT2D eigenvalue weighted by molar-refractivity contribution is 9.10. The zero-order chi connectivity index (χ0) is 18.3. The van der Waals surface area contributed by atoms with Gasteiger partial charge in [-0.15, -0.1) is 0 Å². The minimum absolute atomic E-state index is 0.118. The smallest absolute Gasteiger partial charge is 0.227 e. The molecule has 0 bridgehead atoms. The lowest BCUT2D eigenvalue weighted by molar-refractivity contribution is -0.117. The maximum absolute atomic E-state index is 12.7. The van der Waals surface area contributed by atoms with Crippen LogP contribution in [0.3, 0.4) is 0 Å². The third kappa shape index (κ3) is 3.16. The molecule has 4 nitrogen and oxygen atoms in total. The topological polar surface area (TPSA) is 38.1 Å². The standard InChI is InChI=1S/C21H22BrN3O/c1-14(2)12-25-19-9-4-3-8-18(19)23-21(25)15-10-20(26)24(13-15)17-7-5-6-16(22)11-17/h3-9,11,14-15H,10,12-13H2,1-2H3. The number of rotatable bonds is 4. The predicted octanol–water partition coefficient (Wildman–Crippen LogP) is 4.98. The molecule has 0 radical (unpaired) electrons. The predicted molar refractivity (Wildman–Crippen MR) is 108 cm³/mol. The molecule has 1 saturated heterocycles. The average molecular weight is 412 g/mol. The number of para-hydroxylation sites is 2. The second-order valence-corrected chi connectivity index (χ2v) is 8.26. The Kier molecular flexibility index (Phi) is 4.57. The second-order valence-electron chi connectivity index (χ2n) is 7.35. The summed E-state index contributed by atoms with van der Waals surface area (Å²) in [6.45, 7) is 6.02. The van der Waals surface area contributed by atoms with Gasteiger partial charge in [0.2, 0.25) is 5.91 Å². The molecule has 0 spiro atoms. The van der Waals surface area contributed by atoms with Crippen molar-refractivity contribution in [1.82, 2.24) is 9.55 Å². The number of amides is 1. The van der Waals surface area contributed by atoms with E-state index in [1.54, 1.807) is 0 Å². The summed E-state index contributed by atoms with van der Waals surface area (Å²) in [5, 5.41) is 0. The average Bonchev–Trinajstić information content (AvgIpc) is 3.16. The van der Waals surface area contributed by atoms with Crippen LogP contribution >= 0.6 is 15.9 Å². The maximum atomic E-state index is 12.7. The van der Waals surface area contributed by atoms with E-state index in [-0.39, 0.29) is 11.8 Å². The van der Waals surface area contributed by atoms with Crippen molar-refractivity contribution < 1.29 is 4.79 Å². The number of aromatic nitrogens is 2. The van der Waals surface area contributed by atoms with E-state index in [9.17, 15) is 4.79 Å². The molecule has 1 fully saturated rings. The van der Waals surface area contributed by atoms with Crippen LogP contribution in [-0.2, 0) is 11.3 Å². The Hall–Kier alpha value is -2.14. The fraction of sp³-hybridized carbons (Fsp3) is 0.333. The minimum atomic E-state index is 0.118. The van der Waals surface area contributed by atoms with E-state index >= 15 is 0 Å². The van der Waals surface area contributed by atoms with Gasteiger partial charge >= 0.3 is 0 Å². The zero-order valence-corrected chi connectivity index (χ0v) is 16.6. The van der Waals surface area contributed by atoms with Crippen molar-refractivity contribution in [3.63, 3.8) is 0 Å². The van der Waals surface area contributed by atoms with Crippen LogP contribution in [0.1, 0.15) is 32.0 Å². The highest BCUT2D eigenvalue weighted by Crippen LogP contribution is 2.34. The number of halogens is 1.